The highest BCUT2D eigenvalue weighted by Crippen LogP contribution is 2.55. The molecule has 2 atom stereocenters. The second-order valence-electron chi connectivity index (χ2n) is 3.36. The van der Waals surface area contributed by atoms with E-state index in [1.807, 2.05) is 0 Å². The van der Waals surface area contributed by atoms with E-state index < -0.39 is 40.9 Å². The molecular formula is C7H6F9IO. The molecule has 1 nitrogen and oxygen atoms in total. The third-order valence-corrected chi connectivity index (χ3v) is 2.84. The van der Waals surface area contributed by atoms with Gasteiger partial charge in [0.25, 0.3) is 5.67 Å². The lowest BCUT2D eigenvalue weighted by atomic mass is 9.91. The van der Waals surface area contributed by atoms with Crippen molar-refractivity contribution in [1.82, 2.24) is 0 Å². The van der Waals surface area contributed by atoms with Crippen molar-refractivity contribution in [3.8, 4) is 0 Å². The SMILES string of the molecule is OC[C@@H](I)C[C@@](F)(C(F)(F)F)C(F)(F)C(F)(F)F. The van der Waals surface area contributed by atoms with E-state index in [9.17, 15) is 39.5 Å². The Balaban J connectivity index is 5.64. The van der Waals surface area contributed by atoms with Crippen LogP contribution >= 0.6 is 22.6 Å². The summed E-state index contributed by atoms with van der Waals surface area (Å²) in [7, 11) is 0. The van der Waals surface area contributed by atoms with Crippen LogP contribution in [0.1, 0.15) is 6.42 Å². The van der Waals surface area contributed by atoms with Crippen molar-refractivity contribution in [3.05, 3.63) is 0 Å². The predicted octanol–water partition coefficient (Wildman–Crippen LogP) is 3.64. The zero-order valence-corrected chi connectivity index (χ0v) is 10.4. The molecule has 0 aliphatic carbocycles. The number of alkyl halides is 10. The highest BCUT2D eigenvalue weighted by Gasteiger charge is 2.80. The summed E-state index contributed by atoms with van der Waals surface area (Å²) in [5.74, 6) is -6.60. The maximum absolute atomic E-state index is 13.3. The van der Waals surface area contributed by atoms with Gasteiger partial charge in [0, 0.05) is 10.3 Å². The highest BCUT2D eigenvalue weighted by molar-refractivity contribution is 14.1. The van der Waals surface area contributed by atoms with Gasteiger partial charge in [-0.1, -0.05) is 22.6 Å². The zero-order valence-electron chi connectivity index (χ0n) is 8.22. The first-order valence-corrected chi connectivity index (χ1v) is 5.40. The molecule has 0 radical (unpaired) electrons. The van der Waals surface area contributed by atoms with Crippen LogP contribution in [0.5, 0.6) is 0 Å². The zero-order chi connectivity index (χ0) is 15.0. The molecule has 0 saturated carbocycles. The van der Waals surface area contributed by atoms with Crippen molar-refractivity contribution in [3.63, 3.8) is 0 Å². The molecule has 0 rings (SSSR count). The molecule has 0 spiro atoms. The number of halogens is 10. The minimum atomic E-state index is -6.69. The molecule has 0 aliphatic rings. The van der Waals surface area contributed by atoms with E-state index in [4.69, 9.17) is 5.11 Å². The fourth-order valence-corrected chi connectivity index (χ4v) is 1.62. The van der Waals surface area contributed by atoms with Gasteiger partial charge >= 0.3 is 18.3 Å². The minimum Gasteiger partial charge on any atom is -0.395 e. The van der Waals surface area contributed by atoms with E-state index in [1.54, 1.807) is 0 Å². The van der Waals surface area contributed by atoms with Gasteiger partial charge in [-0.2, -0.15) is 35.1 Å². The van der Waals surface area contributed by atoms with Gasteiger partial charge in [-0.05, 0) is 0 Å². The number of aliphatic hydroxyl groups excluding tert-OH is 1. The Hall–Kier alpha value is 0.0600. The van der Waals surface area contributed by atoms with Gasteiger partial charge in [0.1, 0.15) is 0 Å². The van der Waals surface area contributed by atoms with Crippen LogP contribution in [-0.4, -0.2) is 39.6 Å². The Morgan fingerprint density at radius 3 is 1.44 bits per heavy atom. The standard InChI is InChI=1S/C7H6F9IO/c8-4(6(11,12)13,1-3(17)2-18)5(9,10)7(14,15)16/h3,18H,1-2H2/t3-,4-/m0/s1. The van der Waals surface area contributed by atoms with E-state index in [-0.39, 0.29) is 0 Å². The van der Waals surface area contributed by atoms with Gasteiger partial charge in [0.05, 0.1) is 6.61 Å². The maximum Gasteiger partial charge on any atom is 0.457 e. The molecule has 0 amide bonds. The average molecular weight is 404 g/mol. The van der Waals surface area contributed by atoms with E-state index in [0.29, 0.717) is 0 Å². The second-order valence-corrected chi connectivity index (χ2v) is 5.12. The van der Waals surface area contributed by atoms with Gasteiger partial charge in [-0.25, -0.2) is 4.39 Å². The molecule has 0 heterocycles. The van der Waals surface area contributed by atoms with E-state index in [1.165, 1.54) is 0 Å². The maximum atomic E-state index is 13.3. The van der Waals surface area contributed by atoms with E-state index in [2.05, 4.69) is 0 Å². The topological polar surface area (TPSA) is 20.2 Å². The van der Waals surface area contributed by atoms with Crippen LogP contribution in [0.2, 0.25) is 0 Å². The molecule has 0 aromatic rings. The highest BCUT2D eigenvalue weighted by atomic mass is 127. The number of aliphatic hydroxyl groups is 1. The predicted molar refractivity (Wildman–Crippen MR) is 50.4 cm³/mol. The molecule has 0 bridgehead atoms. The molecule has 110 valence electrons. The summed E-state index contributed by atoms with van der Waals surface area (Å²) in [4.78, 5) is 0. The molecule has 0 aliphatic heterocycles. The molecular weight excluding hydrogens is 398 g/mol. The molecule has 0 fully saturated rings. The lowest BCUT2D eigenvalue weighted by molar-refractivity contribution is -0.384. The van der Waals surface area contributed by atoms with Crippen LogP contribution in [0.4, 0.5) is 39.5 Å². The van der Waals surface area contributed by atoms with Gasteiger partial charge in [0.15, 0.2) is 0 Å². The molecule has 0 aromatic heterocycles. The summed E-state index contributed by atoms with van der Waals surface area (Å²) in [6, 6.07) is 0. The summed E-state index contributed by atoms with van der Waals surface area (Å²) < 4.78 is 109. The van der Waals surface area contributed by atoms with Crippen LogP contribution < -0.4 is 0 Å². The van der Waals surface area contributed by atoms with Gasteiger partial charge < -0.3 is 5.11 Å². The lowest BCUT2D eigenvalue weighted by Crippen LogP contribution is -2.63. The van der Waals surface area contributed by atoms with Gasteiger partial charge in [-0.15, -0.1) is 0 Å². The van der Waals surface area contributed by atoms with Crippen molar-refractivity contribution >= 4 is 22.6 Å². The molecule has 0 unspecified atom stereocenters. The van der Waals surface area contributed by atoms with Crippen LogP contribution in [0.15, 0.2) is 0 Å². The quantitative estimate of drug-likeness (QED) is 0.431. The Bertz CT molecular complexity index is 286. The largest absolute Gasteiger partial charge is 0.457 e. The number of hydrogen-bond donors (Lipinski definition) is 1. The molecule has 11 heteroatoms. The van der Waals surface area contributed by atoms with Crippen LogP contribution in [0.25, 0.3) is 0 Å². The fourth-order valence-electron chi connectivity index (χ4n) is 1.02. The summed E-state index contributed by atoms with van der Waals surface area (Å²) in [6.07, 6.45) is -15.3. The Kier molecular flexibility index (Phi) is 5.23. The molecule has 1 N–H and O–H groups in total. The summed E-state index contributed by atoms with van der Waals surface area (Å²) in [5, 5.41) is 8.36. The van der Waals surface area contributed by atoms with Crippen LogP contribution in [-0.2, 0) is 0 Å². The van der Waals surface area contributed by atoms with Crippen molar-refractivity contribution in [2.75, 3.05) is 6.61 Å². The summed E-state index contributed by atoms with van der Waals surface area (Å²) in [6.45, 7) is -1.17. The molecule has 0 aromatic carbocycles. The minimum absolute atomic E-state index is 0.948. The first-order valence-electron chi connectivity index (χ1n) is 4.16. The average Bonchev–Trinajstić information content (AvgIpc) is 2.13. The third-order valence-electron chi connectivity index (χ3n) is 2.00. The second kappa shape index (κ2) is 5.21. The first-order chi connectivity index (χ1) is 7.70. The normalized spacial score (nSPS) is 19.5. The van der Waals surface area contributed by atoms with Crippen LogP contribution in [0, 0.1) is 0 Å². The Morgan fingerprint density at radius 1 is 0.833 bits per heavy atom. The Morgan fingerprint density at radius 2 is 1.22 bits per heavy atom. The third kappa shape index (κ3) is 3.14. The molecule has 0 saturated heterocycles. The van der Waals surface area contributed by atoms with Crippen molar-refractivity contribution in [2.45, 2.75) is 34.3 Å². The fraction of sp³-hybridized carbons (Fsp3) is 1.00. The van der Waals surface area contributed by atoms with Crippen molar-refractivity contribution < 1.29 is 44.6 Å². The number of hydrogen-bond acceptors (Lipinski definition) is 1. The monoisotopic (exact) mass is 404 g/mol. The smallest absolute Gasteiger partial charge is 0.395 e. The van der Waals surface area contributed by atoms with E-state index >= 15 is 0 Å². The molecule has 18 heavy (non-hydrogen) atoms. The Labute approximate surface area is 108 Å². The van der Waals surface area contributed by atoms with E-state index in [0.717, 1.165) is 22.6 Å². The first kappa shape index (κ1) is 18.1. The summed E-state index contributed by atoms with van der Waals surface area (Å²) in [5.41, 5.74) is -5.78. The number of rotatable bonds is 4. The van der Waals surface area contributed by atoms with Crippen molar-refractivity contribution in [2.24, 2.45) is 0 Å². The van der Waals surface area contributed by atoms with Crippen LogP contribution in [0.3, 0.4) is 0 Å². The van der Waals surface area contributed by atoms with Gasteiger partial charge in [-0.3, -0.25) is 0 Å². The van der Waals surface area contributed by atoms with Crippen molar-refractivity contribution in [1.29, 1.82) is 0 Å². The summed E-state index contributed by atoms with van der Waals surface area (Å²) >= 11 is 0.948. The van der Waals surface area contributed by atoms with Gasteiger partial charge in [0.2, 0.25) is 0 Å². The lowest BCUT2D eigenvalue weighted by Gasteiger charge is -2.36.